The van der Waals surface area contributed by atoms with Crippen molar-refractivity contribution >= 4 is 23.4 Å². The number of nitrogens with one attached hydrogen (secondary N) is 1. The molecule has 2 heterocycles. The van der Waals surface area contributed by atoms with Crippen LogP contribution in [0.4, 0.5) is 0 Å². The topological polar surface area (TPSA) is 25.2 Å². The number of furan rings is 1. The summed E-state index contributed by atoms with van der Waals surface area (Å²) < 4.78 is 5.35. The van der Waals surface area contributed by atoms with Gasteiger partial charge in [0.25, 0.3) is 0 Å². The second-order valence-electron chi connectivity index (χ2n) is 4.66. The van der Waals surface area contributed by atoms with E-state index in [4.69, 9.17) is 16.0 Å². The van der Waals surface area contributed by atoms with Gasteiger partial charge in [0.05, 0.1) is 6.26 Å². The van der Waals surface area contributed by atoms with Crippen LogP contribution >= 0.6 is 23.4 Å². The highest BCUT2D eigenvalue weighted by Gasteiger charge is 2.20. The molecular formula is C15H16ClNOS. The van der Waals surface area contributed by atoms with Gasteiger partial charge in [-0.05, 0) is 48.1 Å². The molecule has 0 saturated heterocycles. The molecule has 0 saturated carbocycles. The number of hydrogen-bond donors (Lipinski definition) is 1. The molecule has 1 unspecified atom stereocenters. The fraction of sp³-hybridized carbons (Fsp3) is 0.333. The Bertz CT molecular complexity index is 541. The van der Waals surface area contributed by atoms with E-state index in [1.54, 1.807) is 6.26 Å². The quantitative estimate of drug-likeness (QED) is 0.910. The summed E-state index contributed by atoms with van der Waals surface area (Å²) in [5, 5.41) is 4.43. The second kappa shape index (κ2) is 6.04. The Morgan fingerprint density at radius 3 is 3.16 bits per heavy atom. The molecule has 1 atom stereocenters. The van der Waals surface area contributed by atoms with Crippen molar-refractivity contribution in [1.82, 2.24) is 5.32 Å². The smallest absolute Gasteiger partial charge is 0.105 e. The third-order valence-corrected chi connectivity index (χ3v) is 4.71. The van der Waals surface area contributed by atoms with Gasteiger partial charge >= 0.3 is 0 Å². The molecular weight excluding hydrogens is 278 g/mol. The van der Waals surface area contributed by atoms with Gasteiger partial charge in [0.2, 0.25) is 0 Å². The maximum Gasteiger partial charge on any atom is 0.105 e. The molecule has 100 valence electrons. The van der Waals surface area contributed by atoms with E-state index in [1.807, 2.05) is 30.0 Å². The van der Waals surface area contributed by atoms with Gasteiger partial charge in [-0.15, -0.1) is 11.8 Å². The average Bonchev–Trinajstić information content (AvgIpc) is 2.92. The van der Waals surface area contributed by atoms with E-state index < -0.39 is 0 Å². The Hall–Kier alpha value is -0.900. The lowest BCUT2D eigenvalue weighted by Crippen LogP contribution is -2.26. The zero-order chi connectivity index (χ0) is 13.1. The standard InChI is InChI=1S/C15H16ClNOS/c16-11-3-4-15-13(10-11)14(6-9-19-15)17-7-5-12-2-1-8-18-12/h1-4,8,10,14,17H,5-7,9H2. The first-order chi connectivity index (χ1) is 9.33. The molecule has 4 heteroatoms. The first-order valence-corrected chi connectivity index (χ1v) is 7.87. The highest BCUT2D eigenvalue weighted by atomic mass is 35.5. The van der Waals surface area contributed by atoms with Crippen molar-refractivity contribution < 1.29 is 4.42 Å². The van der Waals surface area contributed by atoms with Crippen molar-refractivity contribution in [2.24, 2.45) is 0 Å². The van der Waals surface area contributed by atoms with E-state index in [-0.39, 0.29) is 0 Å². The van der Waals surface area contributed by atoms with Gasteiger partial charge in [0.15, 0.2) is 0 Å². The molecule has 1 aromatic carbocycles. The van der Waals surface area contributed by atoms with Crippen molar-refractivity contribution in [3.63, 3.8) is 0 Å². The number of halogens is 1. The van der Waals surface area contributed by atoms with Crippen LogP contribution < -0.4 is 5.32 Å². The number of rotatable bonds is 4. The van der Waals surface area contributed by atoms with Crippen LogP contribution in [0.3, 0.4) is 0 Å². The molecule has 1 aromatic heterocycles. The van der Waals surface area contributed by atoms with Gasteiger partial charge in [-0.2, -0.15) is 0 Å². The molecule has 0 aliphatic carbocycles. The van der Waals surface area contributed by atoms with Gasteiger partial charge in [-0.3, -0.25) is 0 Å². The molecule has 0 spiro atoms. The predicted octanol–water partition coefficient (Wildman–Crippen LogP) is 4.30. The molecule has 19 heavy (non-hydrogen) atoms. The van der Waals surface area contributed by atoms with Crippen molar-refractivity contribution in [1.29, 1.82) is 0 Å². The average molecular weight is 294 g/mol. The summed E-state index contributed by atoms with van der Waals surface area (Å²) in [7, 11) is 0. The summed E-state index contributed by atoms with van der Waals surface area (Å²) in [5.41, 5.74) is 1.34. The Morgan fingerprint density at radius 1 is 1.37 bits per heavy atom. The molecule has 2 aromatic rings. The second-order valence-corrected chi connectivity index (χ2v) is 6.23. The largest absolute Gasteiger partial charge is 0.469 e. The van der Waals surface area contributed by atoms with E-state index in [0.29, 0.717) is 6.04 Å². The van der Waals surface area contributed by atoms with E-state index in [0.717, 1.165) is 35.9 Å². The third kappa shape index (κ3) is 3.16. The summed E-state index contributed by atoms with van der Waals surface area (Å²) in [6.07, 6.45) is 3.80. The molecule has 0 amide bonds. The van der Waals surface area contributed by atoms with Crippen LogP contribution in [0, 0.1) is 0 Å². The van der Waals surface area contributed by atoms with Gasteiger partial charge < -0.3 is 9.73 Å². The highest BCUT2D eigenvalue weighted by Crippen LogP contribution is 2.37. The Morgan fingerprint density at radius 2 is 2.32 bits per heavy atom. The molecule has 2 nitrogen and oxygen atoms in total. The van der Waals surface area contributed by atoms with Crippen molar-refractivity contribution in [3.05, 3.63) is 52.9 Å². The van der Waals surface area contributed by atoms with E-state index in [2.05, 4.69) is 17.4 Å². The summed E-state index contributed by atoms with van der Waals surface area (Å²) in [6.45, 7) is 0.925. The summed E-state index contributed by atoms with van der Waals surface area (Å²) in [4.78, 5) is 1.35. The fourth-order valence-corrected chi connectivity index (χ4v) is 3.69. The minimum absolute atomic E-state index is 0.407. The molecule has 1 aliphatic heterocycles. The summed E-state index contributed by atoms with van der Waals surface area (Å²) in [6, 6.07) is 10.5. The van der Waals surface area contributed by atoms with Crippen LogP contribution in [0.5, 0.6) is 0 Å². The van der Waals surface area contributed by atoms with Crippen LogP contribution in [0.25, 0.3) is 0 Å². The predicted molar refractivity (Wildman–Crippen MR) is 79.9 cm³/mol. The van der Waals surface area contributed by atoms with Crippen LogP contribution in [-0.2, 0) is 6.42 Å². The van der Waals surface area contributed by atoms with Crippen LogP contribution in [0.15, 0.2) is 45.9 Å². The fourth-order valence-electron chi connectivity index (χ4n) is 2.40. The number of fused-ring (bicyclic) bond motifs is 1. The van der Waals surface area contributed by atoms with Gasteiger partial charge in [-0.1, -0.05) is 11.6 Å². The Balaban J connectivity index is 1.64. The lowest BCUT2D eigenvalue weighted by molar-refractivity contribution is 0.468. The van der Waals surface area contributed by atoms with Gasteiger partial charge in [0, 0.05) is 28.9 Å². The highest BCUT2D eigenvalue weighted by molar-refractivity contribution is 7.99. The van der Waals surface area contributed by atoms with E-state index in [1.165, 1.54) is 10.5 Å². The SMILES string of the molecule is Clc1ccc2c(c1)C(NCCc1ccco1)CCS2. The first-order valence-electron chi connectivity index (χ1n) is 6.51. The number of hydrogen-bond acceptors (Lipinski definition) is 3. The maximum atomic E-state index is 6.11. The third-order valence-electron chi connectivity index (χ3n) is 3.35. The first kappa shape index (κ1) is 13.1. The zero-order valence-corrected chi connectivity index (χ0v) is 12.1. The lowest BCUT2D eigenvalue weighted by Gasteiger charge is -2.26. The van der Waals surface area contributed by atoms with Crippen LogP contribution in [0.1, 0.15) is 23.8 Å². The monoisotopic (exact) mass is 293 g/mol. The van der Waals surface area contributed by atoms with Gasteiger partial charge in [0.1, 0.15) is 5.76 Å². The summed E-state index contributed by atoms with van der Waals surface area (Å²) >= 11 is 8.02. The van der Waals surface area contributed by atoms with Crippen molar-refractivity contribution in [2.45, 2.75) is 23.8 Å². The maximum absolute atomic E-state index is 6.11. The zero-order valence-electron chi connectivity index (χ0n) is 10.6. The van der Waals surface area contributed by atoms with Crippen LogP contribution in [-0.4, -0.2) is 12.3 Å². The molecule has 0 fully saturated rings. The minimum atomic E-state index is 0.407. The molecule has 3 rings (SSSR count). The van der Waals surface area contributed by atoms with E-state index in [9.17, 15) is 0 Å². The van der Waals surface area contributed by atoms with Crippen molar-refractivity contribution in [3.8, 4) is 0 Å². The molecule has 1 N–H and O–H groups in total. The Kier molecular flexibility index (Phi) is 4.16. The normalized spacial score (nSPS) is 18.3. The minimum Gasteiger partial charge on any atom is -0.469 e. The Labute approximate surface area is 122 Å². The lowest BCUT2D eigenvalue weighted by atomic mass is 10.0. The van der Waals surface area contributed by atoms with Crippen molar-refractivity contribution in [2.75, 3.05) is 12.3 Å². The number of thioether (sulfide) groups is 1. The molecule has 0 radical (unpaired) electrons. The molecule has 0 bridgehead atoms. The molecule has 1 aliphatic rings. The summed E-state index contributed by atoms with van der Waals surface area (Å²) in [5.74, 6) is 2.19. The van der Waals surface area contributed by atoms with E-state index >= 15 is 0 Å². The number of benzene rings is 1. The van der Waals surface area contributed by atoms with Crippen LogP contribution in [0.2, 0.25) is 5.02 Å². The van der Waals surface area contributed by atoms with Gasteiger partial charge in [-0.25, -0.2) is 0 Å².